The number of rotatable bonds is 7. The number of likely N-dealkylation sites (N-methyl/N-ethyl adjacent to an activating group) is 1. The van der Waals surface area contributed by atoms with Gasteiger partial charge in [0.05, 0.1) is 6.61 Å². The topological polar surface area (TPSA) is 67.8 Å². The minimum Gasteiger partial charge on any atom is -0.459 e. The van der Waals surface area contributed by atoms with Crippen molar-refractivity contribution in [1.82, 2.24) is 5.32 Å². The number of fused-ring (bicyclic) bond motifs is 1. The minimum atomic E-state index is -0.459. The smallest absolute Gasteiger partial charge is 0.285 e. The second kappa shape index (κ2) is 8.47. The minimum absolute atomic E-state index is 0.0695. The molecule has 0 aliphatic carbocycles. The molecule has 25 heavy (non-hydrogen) atoms. The molecule has 5 nitrogen and oxygen atoms in total. The summed E-state index contributed by atoms with van der Waals surface area (Å²) in [6.07, 6.45) is 3.56. The number of hydrogen-bond acceptors (Lipinski definition) is 5. The van der Waals surface area contributed by atoms with E-state index in [9.17, 15) is 4.79 Å². The molecule has 0 bridgehead atoms. The van der Waals surface area contributed by atoms with Gasteiger partial charge >= 0.3 is 0 Å². The fourth-order valence-corrected chi connectivity index (χ4v) is 4.00. The van der Waals surface area contributed by atoms with E-state index in [1.165, 1.54) is 15.6 Å². The Balaban J connectivity index is 1.82. The van der Waals surface area contributed by atoms with Crippen LogP contribution >= 0.6 is 11.3 Å². The number of aliphatic hydroxyl groups excluding tert-OH is 1. The molecule has 2 N–H and O–H groups in total. The van der Waals surface area contributed by atoms with E-state index in [1.54, 1.807) is 18.4 Å². The average molecular weight is 361 g/mol. The molecule has 0 saturated carbocycles. The molecular formula is C19H23NO4S. The number of carbonyl (C=O) groups excluding carboxylic acids is 1. The Labute approximate surface area is 151 Å². The second-order valence-corrected chi connectivity index (χ2v) is 6.90. The molecule has 2 atom stereocenters. The molecule has 1 aliphatic heterocycles. The fraction of sp³-hybridized carbons (Fsp3) is 0.421. The van der Waals surface area contributed by atoms with Crippen molar-refractivity contribution in [3.63, 3.8) is 0 Å². The molecule has 0 spiro atoms. The van der Waals surface area contributed by atoms with Crippen LogP contribution < -0.4 is 5.32 Å². The normalized spacial score (nSPS) is 20.2. The van der Waals surface area contributed by atoms with Crippen molar-refractivity contribution in [3.05, 3.63) is 47.0 Å². The molecule has 2 aromatic rings. The maximum atomic E-state index is 12.1. The Hall–Kier alpha value is -1.89. The first kappa shape index (κ1) is 17.9. The van der Waals surface area contributed by atoms with Gasteiger partial charge in [0, 0.05) is 30.7 Å². The molecule has 3 rings (SSSR count). The predicted molar refractivity (Wildman–Crippen MR) is 98.5 cm³/mol. The van der Waals surface area contributed by atoms with Crippen LogP contribution in [0.3, 0.4) is 0 Å². The summed E-state index contributed by atoms with van der Waals surface area (Å²) in [6.45, 7) is 0.658. The van der Waals surface area contributed by atoms with E-state index in [4.69, 9.17) is 14.6 Å². The molecule has 0 fully saturated rings. The standard InChI is InChI=1S/C19H23NO4S/c1-20-19(22)16-10-13(11-18(24-16)23-9-5-4-8-21)15-12-25-17-7-3-2-6-14(15)17/h2-3,6-7,10,12-13,18,21H,4-5,8-9,11H2,1H3,(H,20,22)/t13-,18+/m0/s1. The molecule has 1 aliphatic rings. The number of hydrogen-bond donors (Lipinski definition) is 2. The number of unbranched alkanes of at least 4 members (excludes halogenated alkanes) is 1. The molecule has 0 saturated heterocycles. The van der Waals surface area contributed by atoms with E-state index < -0.39 is 6.29 Å². The summed E-state index contributed by atoms with van der Waals surface area (Å²) in [5.74, 6) is 0.134. The lowest BCUT2D eigenvalue weighted by Crippen LogP contribution is -2.31. The summed E-state index contributed by atoms with van der Waals surface area (Å²) in [7, 11) is 1.59. The second-order valence-electron chi connectivity index (χ2n) is 5.99. The third kappa shape index (κ3) is 4.21. The van der Waals surface area contributed by atoms with Crippen LogP contribution in [-0.2, 0) is 14.3 Å². The van der Waals surface area contributed by atoms with E-state index in [0.29, 0.717) is 25.2 Å². The molecule has 0 radical (unpaired) electrons. The zero-order chi connectivity index (χ0) is 17.6. The van der Waals surface area contributed by atoms with Crippen LogP contribution in [0.15, 0.2) is 41.5 Å². The largest absolute Gasteiger partial charge is 0.459 e. The summed E-state index contributed by atoms with van der Waals surface area (Å²) in [6, 6.07) is 8.28. The molecule has 1 aromatic heterocycles. The molecular weight excluding hydrogens is 338 g/mol. The van der Waals surface area contributed by atoms with Gasteiger partial charge in [0.15, 0.2) is 5.76 Å². The first-order valence-corrected chi connectivity index (χ1v) is 9.40. The van der Waals surface area contributed by atoms with Crippen LogP contribution in [0.5, 0.6) is 0 Å². The van der Waals surface area contributed by atoms with Gasteiger partial charge in [0.2, 0.25) is 6.29 Å². The maximum absolute atomic E-state index is 12.1. The molecule has 2 heterocycles. The molecule has 1 aromatic carbocycles. The van der Waals surface area contributed by atoms with E-state index in [0.717, 1.165) is 6.42 Å². The van der Waals surface area contributed by atoms with Gasteiger partial charge in [-0.25, -0.2) is 0 Å². The number of aliphatic hydroxyl groups is 1. The van der Waals surface area contributed by atoms with Gasteiger partial charge in [-0.15, -0.1) is 11.3 Å². The van der Waals surface area contributed by atoms with Crippen molar-refractivity contribution >= 4 is 27.3 Å². The third-order valence-corrected chi connectivity index (χ3v) is 5.26. The highest BCUT2D eigenvalue weighted by atomic mass is 32.1. The Bertz CT molecular complexity index is 755. The fourth-order valence-electron chi connectivity index (χ4n) is 2.97. The highest BCUT2D eigenvalue weighted by molar-refractivity contribution is 7.17. The van der Waals surface area contributed by atoms with Crippen molar-refractivity contribution < 1.29 is 19.4 Å². The Kier molecular flexibility index (Phi) is 6.07. The zero-order valence-electron chi connectivity index (χ0n) is 14.2. The summed E-state index contributed by atoms with van der Waals surface area (Å²) in [4.78, 5) is 12.1. The Morgan fingerprint density at radius 2 is 2.24 bits per heavy atom. The van der Waals surface area contributed by atoms with Crippen molar-refractivity contribution in [2.24, 2.45) is 0 Å². The van der Waals surface area contributed by atoms with Crippen LogP contribution in [0.2, 0.25) is 0 Å². The highest BCUT2D eigenvalue weighted by Crippen LogP contribution is 2.38. The SMILES string of the molecule is CNC(=O)C1=C[C@H](c2csc3ccccc23)C[C@H](OCCCCO)O1. The number of amides is 1. The van der Waals surface area contributed by atoms with E-state index in [2.05, 4.69) is 22.8 Å². The predicted octanol–water partition coefficient (Wildman–Crippen LogP) is 3.15. The quantitative estimate of drug-likeness (QED) is 0.744. The van der Waals surface area contributed by atoms with E-state index >= 15 is 0 Å². The monoisotopic (exact) mass is 361 g/mol. The molecule has 1 amide bonds. The van der Waals surface area contributed by atoms with Crippen LogP contribution in [0.1, 0.15) is 30.7 Å². The van der Waals surface area contributed by atoms with Gasteiger partial charge in [-0.1, -0.05) is 18.2 Å². The lowest BCUT2D eigenvalue weighted by molar-refractivity contribution is -0.146. The first-order chi connectivity index (χ1) is 12.2. The van der Waals surface area contributed by atoms with Crippen molar-refractivity contribution in [3.8, 4) is 0 Å². The van der Waals surface area contributed by atoms with Crippen molar-refractivity contribution in [2.45, 2.75) is 31.5 Å². The lowest BCUT2D eigenvalue weighted by atomic mass is 9.92. The van der Waals surface area contributed by atoms with Crippen LogP contribution in [0.4, 0.5) is 0 Å². The zero-order valence-corrected chi connectivity index (χ0v) is 15.1. The van der Waals surface area contributed by atoms with Gasteiger partial charge in [0.25, 0.3) is 5.91 Å². The number of ether oxygens (including phenoxy) is 2. The third-order valence-electron chi connectivity index (χ3n) is 4.27. The van der Waals surface area contributed by atoms with Gasteiger partial charge in [-0.3, -0.25) is 4.79 Å². The first-order valence-electron chi connectivity index (χ1n) is 8.52. The van der Waals surface area contributed by atoms with Crippen LogP contribution in [0.25, 0.3) is 10.1 Å². The van der Waals surface area contributed by atoms with Gasteiger partial charge in [-0.2, -0.15) is 0 Å². The molecule has 6 heteroatoms. The van der Waals surface area contributed by atoms with Crippen molar-refractivity contribution in [2.75, 3.05) is 20.3 Å². The maximum Gasteiger partial charge on any atom is 0.285 e. The number of benzene rings is 1. The van der Waals surface area contributed by atoms with Crippen LogP contribution in [-0.4, -0.2) is 37.6 Å². The Morgan fingerprint density at radius 1 is 1.40 bits per heavy atom. The summed E-state index contributed by atoms with van der Waals surface area (Å²) in [5, 5.41) is 14.9. The van der Waals surface area contributed by atoms with Crippen LogP contribution in [0, 0.1) is 0 Å². The summed E-state index contributed by atoms with van der Waals surface area (Å²) in [5.41, 5.74) is 1.20. The molecule has 0 unspecified atom stereocenters. The van der Waals surface area contributed by atoms with Gasteiger partial charge in [0.1, 0.15) is 0 Å². The highest BCUT2D eigenvalue weighted by Gasteiger charge is 2.29. The molecule has 134 valence electrons. The summed E-state index contributed by atoms with van der Waals surface area (Å²) < 4.78 is 12.8. The van der Waals surface area contributed by atoms with Gasteiger partial charge in [-0.05, 0) is 41.3 Å². The Morgan fingerprint density at radius 3 is 3.04 bits per heavy atom. The summed E-state index contributed by atoms with van der Waals surface area (Å²) >= 11 is 1.71. The number of nitrogens with one attached hydrogen (secondary N) is 1. The number of carbonyl (C=O) groups is 1. The van der Waals surface area contributed by atoms with E-state index in [1.807, 2.05) is 18.2 Å². The van der Waals surface area contributed by atoms with E-state index in [-0.39, 0.29) is 18.4 Å². The van der Waals surface area contributed by atoms with Crippen molar-refractivity contribution in [1.29, 1.82) is 0 Å². The lowest BCUT2D eigenvalue weighted by Gasteiger charge is -2.29. The van der Waals surface area contributed by atoms with Gasteiger partial charge < -0.3 is 19.9 Å². The number of thiophene rings is 1. The average Bonchev–Trinajstić information content (AvgIpc) is 3.08. The number of allylic oxidation sites excluding steroid dienone is 1.